The van der Waals surface area contributed by atoms with Gasteiger partial charge in [0.15, 0.2) is 5.96 Å². The van der Waals surface area contributed by atoms with E-state index in [1.54, 1.807) is 25.2 Å². The topological polar surface area (TPSA) is 109 Å². The van der Waals surface area contributed by atoms with Crippen molar-refractivity contribution in [1.82, 2.24) is 20.3 Å². The molecule has 0 fully saturated rings. The summed E-state index contributed by atoms with van der Waals surface area (Å²) in [5.74, 6) is 1.87. The maximum absolute atomic E-state index is 12.7. The predicted octanol–water partition coefficient (Wildman–Crippen LogP) is 2.23. The van der Waals surface area contributed by atoms with Gasteiger partial charge in [-0.15, -0.1) is 0 Å². The molecular formula is C19H29N5O3S. The lowest BCUT2D eigenvalue weighted by Crippen LogP contribution is -2.41. The lowest BCUT2D eigenvalue weighted by Gasteiger charge is -2.22. The number of benzene rings is 1. The van der Waals surface area contributed by atoms with E-state index in [1.807, 2.05) is 40.7 Å². The van der Waals surface area contributed by atoms with Crippen LogP contribution in [0.25, 0.3) is 0 Å². The van der Waals surface area contributed by atoms with Crippen LogP contribution in [0.3, 0.4) is 0 Å². The van der Waals surface area contributed by atoms with Gasteiger partial charge >= 0.3 is 0 Å². The van der Waals surface area contributed by atoms with E-state index in [-0.39, 0.29) is 4.90 Å². The lowest BCUT2D eigenvalue weighted by atomic mass is 10.1. The zero-order valence-corrected chi connectivity index (χ0v) is 18.1. The van der Waals surface area contributed by atoms with Crippen molar-refractivity contribution in [2.24, 2.45) is 4.99 Å². The number of hydrogen-bond donors (Lipinski definition) is 3. The van der Waals surface area contributed by atoms with Crippen molar-refractivity contribution < 1.29 is 12.8 Å². The summed E-state index contributed by atoms with van der Waals surface area (Å²) >= 11 is 0. The molecule has 0 aliphatic carbocycles. The van der Waals surface area contributed by atoms with Crippen LogP contribution < -0.4 is 15.4 Å². The number of sulfonamides is 1. The second kappa shape index (κ2) is 8.74. The van der Waals surface area contributed by atoms with E-state index in [0.717, 1.165) is 11.5 Å². The number of guanidine groups is 1. The van der Waals surface area contributed by atoms with E-state index in [2.05, 4.69) is 25.3 Å². The van der Waals surface area contributed by atoms with Crippen LogP contribution >= 0.6 is 0 Å². The molecule has 3 N–H and O–H groups in total. The molecule has 0 saturated carbocycles. The quantitative estimate of drug-likeness (QED) is 0.501. The number of hydrogen-bond acceptors (Lipinski definition) is 5. The Balaban J connectivity index is 2.07. The second-order valence-electron chi connectivity index (χ2n) is 7.49. The molecule has 8 nitrogen and oxygen atoms in total. The highest BCUT2D eigenvalue weighted by Gasteiger charge is 2.24. The molecule has 9 heteroatoms. The summed E-state index contributed by atoms with van der Waals surface area (Å²) < 4.78 is 33.7. The van der Waals surface area contributed by atoms with Crippen LogP contribution in [0.4, 0.5) is 0 Å². The van der Waals surface area contributed by atoms with E-state index in [9.17, 15) is 8.42 Å². The monoisotopic (exact) mass is 407 g/mol. The molecule has 154 valence electrons. The first kappa shape index (κ1) is 21.9. The van der Waals surface area contributed by atoms with Gasteiger partial charge in [-0.1, -0.05) is 18.2 Å². The summed E-state index contributed by atoms with van der Waals surface area (Å²) in [6, 6.07) is 6.89. The van der Waals surface area contributed by atoms with Crippen LogP contribution in [0.1, 0.15) is 43.7 Å². The smallest absolute Gasteiger partial charge is 0.241 e. The Morgan fingerprint density at radius 2 is 1.79 bits per heavy atom. The molecule has 0 unspecified atom stereocenters. The highest BCUT2D eigenvalue weighted by molar-refractivity contribution is 7.89. The van der Waals surface area contributed by atoms with Crippen molar-refractivity contribution in [3.8, 4) is 0 Å². The molecule has 2 aromatic rings. The molecular weight excluding hydrogens is 378 g/mol. The van der Waals surface area contributed by atoms with Gasteiger partial charge in [0, 0.05) is 19.1 Å². The fraction of sp³-hybridized carbons (Fsp3) is 0.474. The number of nitrogens with one attached hydrogen (secondary N) is 3. The van der Waals surface area contributed by atoms with E-state index in [0.29, 0.717) is 30.5 Å². The van der Waals surface area contributed by atoms with Gasteiger partial charge in [-0.25, -0.2) is 18.1 Å². The Bertz CT molecular complexity index is 923. The minimum Gasteiger partial charge on any atom is -0.444 e. The summed E-state index contributed by atoms with van der Waals surface area (Å²) in [7, 11) is -1.99. The van der Waals surface area contributed by atoms with Crippen molar-refractivity contribution >= 4 is 16.0 Å². The Hall–Kier alpha value is -2.39. The van der Waals surface area contributed by atoms with E-state index < -0.39 is 15.6 Å². The average Bonchev–Trinajstić information content (AvgIpc) is 2.91. The third-order valence-electron chi connectivity index (χ3n) is 3.85. The summed E-state index contributed by atoms with van der Waals surface area (Å²) in [5.41, 5.74) is 0.929. The van der Waals surface area contributed by atoms with Gasteiger partial charge in [0.2, 0.25) is 15.9 Å². The molecule has 0 bridgehead atoms. The Morgan fingerprint density at radius 1 is 1.14 bits per heavy atom. The highest BCUT2D eigenvalue weighted by atomic mass is 32.2. The molecule has 2 rings (SSSR count). The summed E-state index contributed by atoms with van der Waals surface area (Å²) in [6.07, 6.45) is 0. The minimum atomic E-state index is -3.64. The van der Waals surface area contributed by atoms with Gasteiger partial charge in [0.1, 0.15) is 5.76 Å². The minimum absolute atomic E-state index is 0.242. The van der Waals surface area contributed by atoms with Crippen LogP contribution in [-0.4, -0.2) is 31.9 Å². The standard InChI is InChI=1S/C19H29N5O3S/c1-13-14(2)27-17(23-13)12-22-18(20-6)21-11-15-9-7-8-10-16(15)28(25,26)24-19(3,4)5/h7-10,24H,11-12H2,1-6H3,(H2,20,21,22). The maximum atomic E-state index is 12.7. The van der Waals surface area contributed by atoms with Gasteiger partial charge in [0.25, 0.3) is 0 Å². The number of oxazole rings is 1. The third kappa shape index (κ3) is 6.07. The maximum Gasteiger partial charge on any atom is 0.241 e. The molecule has 0 aliphatic rings. The Morgan fingerprint density at radius 3 is 2.36 bits per heavy atom. The molecule has 0 amide bonds. The zero-order chi connectivity index (χ0) is 20.9. The molecule has 1 aromatic carbocycles. The fourth-order valence-electron chi connectivity index (χ4n) is 2.54. The number of aromatic nitrogens is 1. The molecule has 1 aromatic heterocycles. The van der Waals surface area contributed by atoms with Gasteiger partial charge in [0.05, 0.1) is 17.1 Å². The van der Waals surface area contributed by atoms with E-state index >= 15 is 0 Å². The van der Waals surface area contributed by atoms with E-state index in [4.69, 9.17) is 4.42 Å². The number of aryl methyl sites for hydroxylation is 2. The average molecular weight is 408 g/mol. The summed E-state index contributed by atoms with van der Waals surface area (Å²) in [5, 5.41) is 6.24. The van der Waals surface area contributed by atoms with Crippen LogP contribution in [0.2, 0.25) is 0 Å². The van der Waals surface area contributed by atoms with Gasteiger partial charge in [-0.05, 0) is 46.2 Å². The largest absolute Gasteiger partial charge is 0.444 e. The Kier molecular flexibility index (Phi) is 6.84. The number of nitrogens with zero attached hydrogens (tertiary/aromatic N) is 2. The molecule has 0 radical (unpaired) electrons. The fourth-order valence-corrected chi connectivity index (χ4v) is 4.20. The molecule has 0 spiro atoms. The van der Waals surface area contributed by atoms with Crippen LogP contribution in [-0.2, 0) is 23.1 Å². The van der Waals surface area contributed by atoms with Gasteiger partial charge < -0.3 is 15.1 Å². The van der Waals surface area contributed by atoms with Crippen LogP contribution in [0, 0.1) is 13.8 Å². The zero-order valence-electron chi connectivity index (χ0n) is 17.3. The van der Waals surface area contributed by atoms with Crippen molar-refractivity contribution in [1.29, 1.82) is 0 Å². The first-order valence-corrected chi connectivity index (χ1v) is 10.5. The van der Waals surface area contributed by atoms with Crippen molar-refractivity contribution in [3.63, 3.8) is 0 Å². The molecule has 0 atom stereocenters. The van der Waals surface area contributed by atoms with Crippen molar-refractivity contribution in [2.75, 3.05) is 7.05 Å². The van der Waals surface area contributed by atoms with Gasteiger partial charge in [-0.2, -0.15) is 0 Å². The summed E-state index contributed by atoms with van der Waals surface area (Å²) in [6.45, 7) is 9.85. The normalized spacial score (nSPS) is 12.9. The van der Waals surface area contributed by atoms with Crippen molar-refractivity contribution in [3.05, 3.63) is 47.2 Å². The van der Waals surface area contributed by atoms with Crippen LogP contribution in [0.5, 0.6) is 0 Å². The third-order valence-corrected chi connectivity index (χ3v) is 5.71. The first-order valence-electron chi connectivity index (χ1n) is 9.01. The van der Waals surface area contributed by atoms with Gasteiger partial charge in [-0.3, -0.25) is 4.99 Å². The summed E-state index contributed by atoms with van der Waals surface area (Å²) in [4.78, 5) is 8.72. The van der Waals surface area contributed by atoms with Crippen LogP contribution in [0.15, 0.2) is 38.6 Å². The molecule has 0 aliphatic heterocycles. The molecule has 0 saturated heterocycles. The number of rotatable bonds is 6. The van der Waals surface area contributed by atoms with E-state index in [1.165, 1.54) is 0 Å². The Labute approximate surface area is 166 Å². The molecule has 28 heavy (non-hydrogen) atoms. The predicted molar refractivity (Wildman–Crippen MR) is 110 cm³/mol. The second-order valence-corrected chi connectivity index (χ2v) is 9.14. The SMILES string of the molecule is CN=C(NCc1nc(C)c(C)o1)NCc1ccccc1S(=O)(=O)NC(C)(C)C. The molecule has 1 heterocycles. The number of aliphatic imine (C=N–C) groups is 1. The lowest BCUT2D eigenvalue weighted by molar-refractivity contribution is 0.463. The highest BCUT2D eigenvalue weighted by Crippen LogP contribution is 2.17. The first-order chi connectivity index (χ1) is 13.0. The van der Waals surface area contributed by atoms with Crippen molar-refractivity contribution in [2.45, 2.75) is 58.1 Å².